The van der Waals surface area contributed by atoms with Crippen LogP contribution < -0.4 is 5.73 Å². The SMILES string of the molecule is Cc1nc(C#N)cc(SCC(N)=O)n1. The Labute approximate surface area is 85.3 Å². The highest BCUT2D eigenvalue weighted by atomic mass is 32.2. The van der Waals surface area contributed by atoms with Gasteiger partial charge in [-0.15, -0.1) is 0 Å². The van der Waals surface area contributed by atoms with Crippen LogP contribution in [0.15, 0.2) is 11.1 Å². The minimum atomic E-state index is -0.412. The highest BCUT2D eigenvalue weighted by molar-refractivity contribution is 7.99. The third-order valence-electron chi connectivity index (χ3n) is 1.29. The molecule has 5 nitrogen and oxygen atoms in total. The van der Waals surface area contributed by atoms with E-state index in [1.54, 1.807) is 6.92 Å². The Morgan fingerprint density at radius 1 is 1.71 bits per heavy atom. The Morgan fingerprint density at radius 2 is 2.43 bits per heavy atom. The van der Waals surface area contributed by atoms with E-state index in [1.165, 1.54) is 17.8 Å². The maximum absolute atomic E-state index is 10.5. The van der Waals surface area contributed by atoms with E-state index in [4.69, 9.17) is 11.0 Å². The number of primary amides is 1. The van der Waals surface area contributed by atoms with Gasteiger partial charge in [0.05, 0.1) is 5.75 Å². The average Bonchev–Trinajstić information content (AvgIpc) is 2.14. The zero-order valence-electron chi connectivity index (χ0n) is 7.52. The van der Waals surface area contributed by atoms with Gasteiger partial charge in [0.1, 0.15) is 22.6 Å². The van der Waals surface area contributed by atoms with Gasteiger partial charge in [-0.3, -0.25) is 4.79 Å². The number of hydrogen-bond donors (Lipinski definition) is 1. The summed E-state index contributed by atoms with van der Waals surface area (Å²) in [4.78, 5) is 18.4. The number of aryl methyl sites for hydroxylation is 1. The van der Waals surface area contributed by atoms with Gasteiger partial charge in [-0.2, -0.15) is 5.26 Å². The summed E-state index contributed by atoms with van der Waals surface area (Å²) in [6.45, 7) is 1.69. The molecule has 0 saturated carbocycles. The van der Waals surface area contributed by atoms with Crippen LogP contribution in [0.4, 0.5) is 0 Å². The fourth-order valence-corrected chi connectivity index (χ4v) is 1.50. The minimum Gasteiger partial charge on any atom is -0.369 e. The van der Waals surface area contributed by atoms with E-state index in [9.17, 15) is 4.79 Å². The number of carbonyl (C=O) groups is 1. The number of carbonyl (C=O) groups excluding carboxylic acids is 1. The summed E-state index contributed by atoms with van der Waals surface area (Å²) in [6, 6.07) is 3.44. The molecule has 2 N–H and O–H groups in total. The highest BCUT2D eigenvalue weighted by Crippen LogP contribution is 2.15. The van der Waals surface area contributed by atoms with Crippen LogP contribution in [0.25, 0.3) is 0 Å². The van der Waals surface area contributed by atoms with Crippen LogP contribution in [0.3, 0.4) is 0 Å². The van der Waals surface area contributed by atoms with Gasteiger partial charge in [-0.25, -0.2) is 9.97 Å². The molecule has 0 saturated heterocycles. The van der Waals surface area contributed by atoms with Gasteiger partial charge in [0.2, 0.25) is 5.91 Å². The zero-order valence-corrected chi connectivity index (χ0v) is 8.34. The number of aromatic nitrogens is 2. The second-order valence-corrected chi connectivity index (χ2v) is 3.50. The molecular formula is C8H8N4OS. The van der Waals surface area contributed by atoms with Crippen molar-refractivity contribution in [1.82, 2.24) is 9.97 Å². The van der Waals surface area contributed by atoms with Crippen molar-refractivity contribution in [2.45, 2.75) is 11.9 Å². The Bertz CT molecular complexity index is 399. The van der Waals surface area contributed by atoms with Crippen molar-refractivity contribution in [3.05, 3.63) is 17.6 Å². The number of nitrogens with zero attached hydrogens (tertiary/aromatic N) is 3. The van der Waals surface area contributed by atoms with Gasteiger partial charge in [0.15, 0.2) is 0 Å². The van der Waals surface area contributed by atoms with E-state index in [0.29, 0.717) is 16.5 Å². The van der Waals surface area contributed by atoms with E-state index in [-0.39, 0.29) is 5.75 Å². The predicted octanol–water partition coefficient (Wildman–Crippen LogP) is 0.234. The van der Waals surface area contributed by atoms with E-state index in [0.717, 1.165) is 0 Å². The second-order valence-electron chi connectivity index (χ2n) is 2.51. The molecule has 72 valence electrons. The van der Waals surface area contributed by atoms with Gasteiger partial charge < -0.3 is 5.73 Å². The number of nitrogens with two attached hydrogens (primary N) is 1. The lowest BCUT2D eigenvalue weighted by Crippen LogP contribution is -2.13. The fraction of sp³-hybridized carbons (Fsp3) is 0.250. The van der Waals surface area contributed by atoms with E-state index in [2.05, 4.69) is 9.97 Å². The Morgan fingerprint density at radius 3 is 3.00 bits per heavy atom. The molecule has 0 aliphatic rings. The summed E-state index contributed by atoms with van der Waals surface area (Å²) in [5.74, 6) is 0.252. The van der Waals surface area contributed by atoms with Crippen LogP contribution in [0, 0.1) is 18.3 Å². The van der Waals surface area contributed by atoms with Crippen LogP contribution in [0.2, 0.25) is 0 Å². The summed E-state index contributed by atoms with van der Waals surface area (Å²) in [7, 11) is 0. The van der Waals surface area contributed by atoms with Crippen molar-refractivity contribution in [1.29, 1.82) is 5.26 Å². The molecule has 1 amide bonds. The molecule has 14 heavy (non-hydrogen) atoms. The van der Waals surface area contributed by atoms with Gasteiger partial charge in [-0.1, -0.05) is 11.8 Å². The monoisotopic (exact) mass is 208 g/mol. The largest absolute Gasteiger partial charge is 0.369 e. The molecule has 0 unspecified atom stereocenters. The van der Waals surface area contributed by atoms with Gasteiger partial charge in [-0.05, 0) is 6.92 Å². The molecule has 1 aromatic rings. The number of rotatable bonds is 3. The first-order chi connectivity index (χ1) is 6.61. The zero-order chi connectivity index (χ0) is 10.6. The number of amides is 1. The lowest BCUT2D eigenvalue weighted by molar-refractivity contribution is -0.115. The smallest absolute Gasteiger partial charge is 0.227 e. The molecule has 0 aromatic carbocycles. The van der Waals surface area contributed by atoms with Crippen LogP contribution in [-0.2, 0) is 4.79 Å². The van der Waals surface area contributed by atoms with Crippen molar-refractivity contribution in [2.24, 2.45) is 5.73 Å². The minimum absolute atomic E-state index is 0.154. The van der Waals surface area contributed by atoms with Crippen molar-refractivity contribution in [2.75, 3.05) is 5.75 Å². The maximum atomic E-state index is 10.5. The maximum Gasteiger partial charge on any atom is 0.227 e. The van der Waals surface area contributed by atoms with E-state index < -0.39 is 5.91 Å². The Balaban J connectivity index is 2.82. The first kappa shape index (κ1) is 10.5. The second kappa shape index (κ2) is 4.58. The Hall–Kier alpha value is -1.61. The normalized spacial score (nSPS) is 9.43. The third-order valence-corrected chi connectivity index (χ3v) is 2.23. The average molecular weight is 208 g/mol. The first-order valence-electron chi connectivity index (χ1n) is 3.78. The molecule has 6 heteroatoms. The summed E-state index contributed by atoms with van der Waals surface area (Å²) in [5, 5.41) is 9.21. The van der Waals surface area contributed by atoms with Crippen molar-refractivity contribution in [3.63, 3.8) is 0 Å². The third kappa shape index (κ3) is 3.03. The number of hydrogen-bond acceptors (Lipinski definition) is 5. The summed E-state index contributed by atoms with van der Waals surface area (Å²) < 4.78 is 0. The van der Waals surface area contributed by atoms with Gasteiger partial charge in [0.25, 0.3) is 0 Å². The molecule has 1 heterocycles. The molecule has 0 atom stereocenters. The molecule has 0 bridgehead atoms. The number of nitriles is 1. The summed E-state index contributed by atoms with van der Waals surface area (Å²) in [6.07, 6.45) is 0. The molecule has 0 radical (unpaired) electrons. The first-order valence-corrected chi connectivity index (χ1v) is 4.77. The predicted molar refractivity (Wildman–Crippen MR) is 51.4 cm³/mol. The van der Waals surface area contributed by atoms with Crippen molar-refractivity contribution in [3.8, 4) is 6.07 Å². The quantitative estimate of drug-likeness (QED) is 0.567. The molecule has 0 aliphatic heterocycles. The fourth-order valence-electron chi connectivity index (χ4n) is 0.817. The van der Waals surface area contributed by atoms with Crippen LogP contribution >= 0.6 is 11.8 Å². The lowest BCUT2D eigenvalue weighted by Gasteiger charge is -1.99. The molecule has 0 spiro atoms. The van der Waals surface area contributed by atoms with E-state index >= 15 is 0 Å². The van der Waals surface area contributed by atoms with E-state index in [1.807, 2.05) is 6.07 Å². The van der Waals surface area contributed by atoms with Gasteiger partial charge in [0, 0.05) is 6.07 Å². The topological polar surface area (TPSA) is 92.7 Å². The lowest BCUT2D eigenvalue weighted by atomic mass is 10.4. The molecule has 0 fully saturated rings. The highest BCUT2D eigenvalue weighted by Gasteiger charge is 2.03. The Kier molecular flexibility index (Phi) is 3.42. The molecular weight excluding hydrogens is 200 g/mol. The molecule has 1 aromatic heterocycles. The van der Waals surface area contributed by atoms with Crippen molar-refractivity contribution >= 4 is 17.7 Å². The van der Waals surface area contributed by atoms with Crippen LogP contribution in [-0.4, -0.2) is 21.6 Å². The summed E-state index contributed by atoms with van der Waals surface area (Å²) in [5.41, 5.74) is 5.28. The van der Waals surface area contributed by atoms with Crippen molar-refractivity contribution < 1.29 is 4.79 Å². The van der Waals surface area contributed by atoms with Crippen LogP contribution in [0.1, 0.15) is 11.5 Å². The summed E-state index contributed by atoms with van der Waals surface area (Å²) >= 11 is 1.20. The van der Waals surface area contributed by atoms with Crippen LogP contribution in [0.5, 0.6) is 0 Å². The standard InChI is InChI=1S/C8H8N4OS/c1-5-11-6(3-9)2-8(12-5)14-4-7(10)13/h2H,4H2,1H3,(H2,10,13). The van der Waals surface area contributed by atoms with Gasteiger partial charge >= 0.3 is 0 Å². The molecule has 1 rings (SSSR count). The molecule has 0 aliphatic carbocycles. The number of thioether (sulfide) groups is 1.